The summed E-state index contributed by atoms with van der Waals surface area (Å²) in [7, 11) is 0. The van der Waals surface area contributed by atoms with Crippen molar-refractivity contribution >= 4 is 23.3 Å². The van der Waals surface area contributed by atoms with E-state index in [4.69, 9.17) is 0 Å². The zero-order valence-electron chi connectivity index (χ0n) is 18.0. The van der Waals surface area contributed by atoms with Crippen molar-refractivity contribution in [2.24, 2.45) is 0 Å². The van der Waals surface area contributed by atoms with Gasteiger partial charge >= 0.3 is 6.03 Å². The Bertz CT molecular complexity index is 1090. The SMILES string of the molecule is Cc1cccc(CN2CCCN(c3ccc(C(=O)Nc4ccccc4C)cc3)C2=O)c1. The Balaban J connectivity index is 1.44. The van der Waals surface area contributed by atoms with E-state index in [1.54, 1.807) is 17.0 Å². The monoisotopic (exact) mass is 413 g/mol. The number of aryl methyl sites for hydroxylation is 2. The molecule has 1 saturated heterocycles. The first-order chi connectivity index (χ1) is 15.0. The Kier molecular flexibility index (Phi) is 6.03. The van der Waals surface area contributed by atoms with E-state index in [-0.39, 0.29) is 11.9 Å². The highest BCUT2D eigenvalue weighted by molar-refractivity contribution is 6.05. The van der Waals surface area contributed by atoms with E-state index in [1.807, 2.05) is 54.3 Å². The van der Waals surface area contributed by atoms with Gasteiger partial charge in [0.2, 0.25) is 0 Å². The third-order valence-electron chi connectivity index (χ3n) is 5.60. The predicted molar refractivity (Wildman–Crippen MR) is 125 cm³/mol. The Morgan fingerprint density at radius 1 is 0.935 bits per heavy atom. The van der Waals surface area contributed by atoms with Gasteiger partial charge in [0.1, 0.15) is 0 Å². The number of nitrogens with zero attached hydrogens (tertiary/aromatic N) is 2. The molecule has 3 amide bonds. The van der Waals surface area contributed by atoms with Crippen LogP contribution in [0.3, 0.4) is 0 Å². The second-order valence-electron chi connectivity index (χ2n) is 8.01. The summed E-state index contributed by atoms with van der Waals surface area (Å²) in [5.74, 6) is -0.160. The number of carbonyl (C=O) groups is 2. The van der Waals surface area contributed by atoms with Crippen molar-refractivity contribution < 1.29 is 9.59 Å². The van der Waals surface area contributed by atoms with E-state index in [0.29, 0.717) is 18.7 Å². The van der Waals surface area contributed by atoms with Gasteiger partial charge in [0.15, 0.2) is 0 Å². The lowest BCUT2D eigenvalue weighted by Gasteiger charge is -2.35. The molecule has 0 aromatic heterocycles. The second kappa shape index (κ2) is 9.04. The fourth-order valence-corrected chi connectivity index (χ4v) is 3.90. The van der Waals surface area contributed by atoms with Crippen LogP contribution in [0.4, 0.5) is 16.2 Å². The number of rotatable bonds is 5. The van der Waals surface area contributed by atoms with E-state index in [2.05, 4.69) is 30.4 Å². The Labute approximate surface area is 183 Å². The molecule has 1 N–H and O–H groups in total. The van der Waals surface area contributed by atoms with Crippen LogP contribution in [0.15, 0.2) is 72.8 Å². The maximum absolute atomic E-state index is 13.1. The first-order valence-electron chi connectivity index (χ1n) is 10.6. The number of carbonyl (C=O) groups excluding carboxylic acids is 2. The van der Waals surface area contributed by atoms with Crippen molar-refractivity contribution in [3.05, 3.63) is 95.1 Å². The molecular weight excluding hydrogens is 386 g/mol. The quantitative estimate of drug-likeness (QED) is 0.610. The van der Waals surface area contributed by atoms with Crippen molar-refractivity contribution in [1.29, 1.82) is 0 Å². The third-order valence-corrected chi connectivity index (χ3v) is 5.60. The lowest BCUT2D eigenvalue weighted by molar-refractivity contribution is 0.102. The van der Waals surface area contributed by atoms with Gasteiger partial charge < -0.3 is 10.2 Å². The molecule has 1 aliphatic heterocycles. The summed E-state index contributed by atoms with van der Waals surface area (Å²) in [6.45, 7) is 6.06. The summed E-state index contributed by atoms with van der Waals surface area (Å²) in [5.41, 5.74) is 5.52. The van der Waals surface area contributed by atoms with Gasteiger partial charge in [-0.1, -0.05) is 48.0 Å². The van der Waals surface area contributed by atoms with Crippen molar-refractivity contribution in [2.75, 3.05) is 23.3 Å². The molecule has 0 saturated carbocycles. The largest absolute Gasteiger partial charge is 0.324 e. The van der Waals surface area contributed by atoms with E-state index in [9.17, 15) is 9.59 Å². The molecule has 3 aromatic rings. The zero-order valence-corrected chi connectivity index (χ0v) is 18.0. The Morgan fingerprint density at radius 3 is 2.45 bits per heavy atom. The minimum absolute atomic E-state index is 0.00451. The first-order valence-corrected chi connectivity index (χ1v) is 10.6. The number of anilines is 2. The van der Waals surface area contributed by atoms with Crippen molar-refractivity contribution in [3.63, 3.8) is 0 Å². The van der Waals surface area contributed by atoms with E-state index in [0.717, 1.165) is 35.5 Å². The molecule has 1 aliphatic rings. The summed E-state index contributed by atoms with van der Waals surface area (Å²) >= 11 is 0. The highest BCUT2D eigenvalue weighted by atomic mass is 16.2. The summed E-state index contributed by atoms with van der Waals surface area (Å²) in [6.07, 6.45) is 0.910. The van der Waals surface area contributed by atoms with Crippen LogP contribution in [0.25, 0.3) is 0 Å². The van der Waals surface area contributed by atoms with E-state index >= 15 is 0 Å². The van der Waals surface area contributed by atoms with Gasteiger partial charge in [-0.25, -0.2) is 4.79 Å². The van der Waals surface area contributed by atoms with E-state index in [1.165, 1.54) is 5.56 Å². The predicted octanol–water partition coefficient (Wildman–Crippen LogP) is 5.39. The minimum Gasteiger partial charge on any atom is -0.322 e. The number of hydrogen-bond acceptors (Lipinski definition) is 2. The van der Waals surface area contributed by atoms with Crippen LogP contribution in [0.5, 0.6) is 0 Å². The molecule has 1 fully saturated rings. The molecule has 0 radical (unpaired) electrons. The lowest BCUT2D eigenvalue weighted by atomic mass is 10.1. The van der Waals surface area contributed by atoms with Crippen LogP contribution in [0.1, 0.15) is 33.5 Å². The molecule has 0 bridgehead atoms. The summed E-state index contributed by atoms with van der Waals surface area (Å²) in [4.78, 5) is 29.4. The zero-order chi connectivity index (χ0) is 21.8. The Hall–Kier alpha value is -3.60. The van der Waals surface area contributed by atoms with Crippen molar-refractivity contribution in [3.8, 4) is 0 Å². The average Bonchev–Trinajstić information content (AvgIpc) is 2.77. The van der Waals surface area contributed by atoms with Crippen LogP contribution < -0.4 is 10.2 Å². The van der Waals surface area contributed by atoms with E-state index < -0.39 is 0 Å². The van der Waals surface area contributed by atoms with Gasteiger partial charge in [-0.2, -0.15) is 0 Å². The summed E-state index contributed by atoms with van der Waals surface area (Å²) < 4.78 is 0. The molecule has 1 heterocycles. The lowest BCUT2D eigenvalue weighted by Crippen LogP contribution is -2.49. The fraction of sp³-hybridized carbons (Fsp3) is 0.231. The van der Waals surface area contributed by atoms with Crippen LogP contribution in [-0.2, 0) is 6.54 Å². The summed E-state index contributed by atoms with van der Waals surface area (Å²) in [6, 6.07) is 23.2. The molecule has 0 spiro atoms. The normalized spacial score (nSPS) is 13.9. The highest BCUT2D eigenvalue weighted by Gasteiger charge is 2.27. The molecule has 0 atom stereocenters. The van der Waals surface area contributed by atoms with Crippen LogP contribution in [0, 0.1) is 13.8 Å². The number of hydrogen-bond donors (Lipinski definition) is 1. The molecule has 5 heteroatoms. The van der Waals surface area contributed by atoms with Gasteiger partial charge in [-0.15, -0.1) is 0 Å². The molecule has 31 heavy (non-hydrogen) atoms. The van der Waals surface area contributed by atoms with Gasteiger partial charge in [0, 0.05) is 36.6 Å². The molecule has 0 aliphatic carbocycles. The van der Waals surface area contributed by atoms with Gasteiger partial charge in [0.25, 0.3) is 5.91 Å². The van der Waals surface area contributed by atoms with Gasteiger partial charge in [-0.3, -0.25) is 9.69 Å². The van der Waals surface area contributed by atoms with Crippen molar-refractivity contribution in [1.82, 2.24) is 4.90 Å². The number of para-hydroxylation sites is 1. The highest BCUT2D eigenvalue weighted by Crippen LogP contribution is 2.23. The van der Waals surface area contributed by atoms with Crippen LogP contribution >= 0.6 is 0 Å². The molecule has 0 unspecified atom stereocenters. The number of amides is 3. The minimum atomic E-state index is -0.160. The van der Waals surface area contributed by atoms with Gasteiger partial charge in [0.05, 0.1) is 0 Å². The van der Waals surface area contributed by atoms with Crippen molar-refractivity contribution in [2.45, 2.75) is 26.8 Å². The molecule has 4 rings (SSSR count). The maximum atomic E-state index is 13.1. The second-order valence-corrected chi connectivity index (χ2v) is 8.01. The van der Waals surface area contributed by atoms with Crippen LogP contribution in [0.2, 0.25) is 0 Å². The standard InChI is InChI=1S/C26H27N3O2/c1-19-7-5-9-21(17-19)18-28-15-6-16-29(26(28)31)23-13-11-22(12-14-23)25(30)27-24-10-4-3-8-20(24)2/h3-5,7-14,17H,6,15-16,18H2,1-2H3,(H,27,30). The van der Waals surface area contributed by atoms with Crippen LogP contribution in [-0.4, -0.2) is 29.9 Å². The third kappa shape index (κ3) is 4.77. The molecule has 158 valence electrons. The maximum Gasteiger partial charge on any atom is 0.324 e. The number of urea groups is 1. The Morgan fingerprint density at radius 2 is 1.71 bits per heavy atom. The topological polar surface area (TPSA) is 52.6 Å². The smallest absolute Gasteiger partial charge is 0.322 e. The first kappa shape index (κ1) is 20.7. The van der Waals surface area contributed by atoms with Gasteiger partial charge in [-0.05, 0) is 61.7 Å². The average molecular weight is 414 g/mol. The molecule has 3 aromatic carbocycles. The number of benzene rings is 3. The summed E-state index contributed by atoms with van der Waals surface area (Å²) in [5, 5.41) is 2.95. The number of nitrogens with one attached hydrogen (secondary N) is 1. The molecular formula is C26H27N3O2. The fourth-order valence-electron chi connectivity index (χ4n) is 3.90. The molecule has 5 nitrogen and oxygen atoms in total.